The third-order valence-corrected chi connectivity index (χ3v) is 3.30. The minimum Gasteiger partial charge on any atom is -0.493 e. The zero-order chi connectivity index (χ0) is 17.2. The minimum absolute atomic E-state index is 0.0379. The van der Waals surface area contributed by atoms with Crippen molar-refractivity contribution in [3.05, 3.63) is 29.8 Å². The number of hydrogen-bond acceptors (Lipinski definition) is 3. The van der Waals surface area contributed by atoms with E-state index in [0.717, 1.165) is 19.4 Å². The third-order valence-electron chi connectivity index (χ3n) is 3.30. The van der Waals surface area contributed by atoms with Crippen molar-refractivity contribution in [2.75, 3.05) is 20.2 Å². The first-order valence-electron chi connectivity index (χ1n) is 7.61. The Morgan fingerprint density at radius 1 is 1.30 bits per heavy atom. The molecule has 0 aliphatic heterocycles. The van der Waals surface area contributed by atoms with Crippen LogP contribution in [0.15, 0.2) is 24.3 Å². The molecule has 0 bridgehead atoms. The van der Waals surface area contributed by atoms with Crippen molar-refractivity contribution in [2.24, 2.45) is 0 Å². The fourth-order valence-electron chi connectivity index (χ4n) is 2.03. The first-order chi connectivity index (χ1) is 11.0. The number of carbonyl (C=O) groups excluding carboxylic acids is 1. The van der Waals surface area contributed by atoms with Gasteiger partial charge in [0.15, 0.2) is 11.5 Å². The van der Waals surface area contributed by atoms with E-state index in [1.54, 1.807) is 23.1 Å². The molecule has 6 heteroatoms. The summed E-state index contributed by atoms with van der Waals surface area (Å²) in [6, 6.07) is 4.53. The van der Waals surface area contributed by atoms with E-state index in [9.17, 15) is 13.6 Å². The second-order valence-corrected chi connectivity index (χ2v) is 4.89. The van der Waals surface area contributed by atoms with E-state index < -0.39 is 6.61 Å². The van der Waals surface area contributed by atoms with Crippen molar-refractivity contribution in [3.63, 3.8) is 0 Å². The molecule has 0 aromatic heterocycles. The van der Waals surface area contributed by atoms with Gasteiger partial charge in [0.2, 0.25) is 5.91 Å². The zero-order valence-electron chi connectivity index (χ0n) is 13.7. The molecule has 0 saturated heterocycles. The van der Waals surface area contributed by atoms with Crippen LogP contribution in [-0.2, 0) is 4.79 Å². The van der Waals surface area contributed by atoms with Crippen LogP contribution in [0.5, 0.6) is 11.5 Å². The van der Waals surface area contributed by atoms with Gasteiger partial charge < -0.3 is 14.4 Å². The van der Waals surface area contributed by atoms with E-state index in [-0.39, 0.29) is 17.4 Å². The average molecular weight is 327 g/mol. The van der Waals surface area contributed by atoms with E-state index in [2.05, 4.69) is 11.7 Å². The van der Waals surface area contributed by atoms with E-state index >= 15 is 0 Å². The summed E-state index contributed by atoms with van der Waals surface area (Å²) in [5.74, 6) is 0.0789. The van der Waals surface area contributed by atoms with E-state index in [0.29, 0.717) is 12.1 Å². The molecule has 0 aliphatic carbocycles. The molecule has 0 heterocycles. The fourth-order valence-corrected chi connectivity index (χ4v) is 2.03. The molecular formula is C17H23F2NO3. The molecule has 1 rings (SSSR count). The smallest absolute Gasteiger partial charge is 0.387 e. The lowest BCUT2D eigenvalue weighted by atomic mass is 10.2. The number of alkyl halides is 2. The number of benzene rings is 1. The van der Waals surface area contributed by atoms with E-state index in [1.807, 2.05) is 6.92 Å². The Kier molecular flexibility index (Phi) is 8.08. The van der Waals surface area contributed by atoms with Crippen molar-refractivity contribution in [3.8, 4) is 11.5 Å². The maximum Gasteiger partial charge on any atom is 0.387 e. The van der Waals surface area contributed by atoms with Crippen molar-refractivity contribution in [2.45, 2.75) is 33.3 Å². The average Bonchev–Trinajstić information content (AvgIpc) is 2.54. The number of hydrogen-bond donors (Lipinski definition) is 0. The van der Waals surface area contributed by atoms with Gasteiger partial charge in [-0.25, -0.2) is 0 Å². The van der Waals surface area contributed by atoms with Crippen LogP contribution < -0.4 is 9.47 Å². The van der Waals surface area contributed by atoms with Gasteiger partial charge in [0, 0.05) is 19.2 Å². The second-order valence-electron chi connectivity index (χ2n) is 4.89. The predicted molar refractivity (Wildman–Crippen MR) is 85.8 cm³/mol. The number of nitrogens with zero attached hydrogens (tertiary/aromatic N) is 1. The Balaban J connectivity index is 2.81. The highest BCUT2D eigenvalue weighted by Crippen LogP contribution is 2.29. The molecule has 0 atom stereocenters. The largest absolute Gasteiger partial charge is 0.493 e. The van der Waals surface area contributed by atoms with Gasteiger partial charge in [-0.15, -0.1) is 0 Å². The third kappa shape index (κ3) is 6.26. The normalized spacial score (nSPS) is 11.0. The monoisotopic (exact) mass is 327 g/mol. The molecule has 0 unspecified atom stereocenters. The molecule has 1 amide bonds. The second kappa shape index (κ2) is 9.82. The summed E-state index contributed by atoms with van der Waals surface area (Å²) in [6.45, 7) is 2.46. The van der Waals surface area contributed by atoms with E-state index in [4.69, 9.17) is 4.74 Å². The van der Waals surface area contributed by atoms with Gasteiger partial charge in [0.25, 0.3) is 0 Å². The Labute approximate surface area is 135 Å². The summed E-state index contributed by atoms with van der Waals surface area (Å²) in [5.41, 5.74) is 0.670. The number of methoxy groups -OCH3 is 1. The van der Waals surface area contributed by atoms with Gasteiger partial charge in [-0.05, 0) is 37.1 Å². The van der Waals surface area contributed by atoms with Crippen LogP contribution in [0, 0.1) is 0 Å². The molecule has 0 spiro atoms. The highest BCUT2D eigenvalue weighted by molar-refractivity contribution is 5.91. The van der Waals surface area contributed by atoms with Gasteiger partial charge in [-0.3, -0.25) is 4.79 Å². The van der Waals surface area contributed by atoms with Gasteiger partial charge in [0.05, 0.1) is 7.11 Å². The molecule has 0 fully saturated rings. The van der Waals surface area contributed by atoms with Gasteiger partial charge in [-0.1, -0.05) is 19.4 Å². The van der Waals surface area contributed by atoms with Crippen LogP contribution in [0.1, 0.15) is 32.3 Å². The summed E-state index contributed by atoms with van der Waals surface area (Å²) in [7, 11) is 1.37. The number of carbonyl (C=O) groups is 1. The van der Waals surface area contributed by atoms with Crippen LogP contribution in [0.2, 0.25) is 0 Å². The predicted octanol–water partition coefficient (Wildman–Crippen LogP) is 3.96. The lowest BCUT2D eigenvalue weighted by molar-refractivity contribution is -0.125. The highest BCUT2D eigenvalue weighted by atomic mass is 19.3. The first-order valence-corrected chi connectivity index (χ1v) is 7.61. The summed E-state index contributed by atoms with van der Waals surface area (Å²) >= 11 is 0. The lowest BCUT2D eigenvalue weighted by Gasteiger charge is -2.18. The molecule has 4 nitrogen and oxygen atoms in total. The Morgan fingerprint density at radius 2 is 2.04 bits per heavy atom. The van der Waals surface area contributed by atoms with Gasteiger partial charge in [-0.2, -0.15) is 8.78 Å². The van der Waals surface area contributed by atoms with Gasteiger partial charge >= 0.3 is 6.61 Å². The highest BCUT2D eigenvalue weighted by Gasteiger charge is 2.11. The Bertz CT molecular complexity index is 533. The summed E-state index contributed by atoms with van der Waals surface area (Å²) in [5, 5.41) is 0. The quantitative estimate of drug-likeness (QED) is 0.645. The van der Waals surface area contributed by atoms with Crippen molar-refractivity contribution >= 4 is 12.0 Å². The van der Waals surface area contributed by atoms with Crippen LogP contribution in [0.3, 0.4) is 0 Å². The summed E-state index contributed by atoms with van der Waals surface area (Å²) in [6.07, 6.45) is 5.09. The molecule has 0 N–H and O–H groups in total. The molecule has 0 aliphatic rings. The van der Waals surface area contributed by atoms with Crippen molar-refractivity contribution < 1.29 is 23.0 Å². The zero-order valence-corrected chi connectivity index (χ0v) is 13.7. The lowest BCUT2D eigenvalue weighted by Crippen LogP contribution is -2.30. The maximum atomic E-state index is 12.3. The molecule has 1 aromatic rings. The molecule has 1 aromatic carbocycles. The fraction of sp³-hybridized carbons (Fsp3) is 0.471. The molecule has 0 radical (unpaired) electrons. The molecule has 23 heavy (non-hydrogen) atoms. The minimum atomic E-state index is -2.91. The number of ether oxygens (including phenoxy) is 2. The topological polar surface area (TPSA) is 38.8 Å². The van der Waals surface area contributed by atoms with Crippen molar-refractivity contribution in [1.29, 1.82) is 0 Å². The van der Waals surface area contributed by atoms with E-state index in [1.165, 1.54) is 19.3 Å². The number of halogens is 2. The number of unbranched alkanes of at least 4 members (excludes halogenated alkanes) is 1. The number of rotatable bonds is 9. The summed E-state index contributed by atoms with van der Waals surface area (Å²) in [4.78, 5) is 13.9. The Morgan fingerprint density at radius 3 is 2.61 bits per heavy atom. The Hall–Kier alpha value is -2.11. The standard InChI is InChI=1S/C17H23F2NO3/c1-4-6-11-20(5-2)16(21)10-8-13-7-9-14(23-17(18)19)15(12-13)22-3/h7-10,12,17H,4-6,11H2,1-3H3. The number of likely N-dealkylation sites (N-methyl/N-ethyl adjacent to an activating group) is 1. The van der Waals surface area contributed by atoms with Crippen LogP contribution in [0.25, 0.3) is 6.08 Å². The molecular weight excluding hydrogens is 304 g/mol. The maximum absolute atomic E-state index is 12.3. The van der Waals surface area contributed by atoms with Crippen LogP contribution in [-0.4, -0.2) is 37.6 Å². The molecule has 0 saturated carbocycles. The van der Waals surface area contributed by atoms with Crippen LogP contribution >= 0.6 is 0 Å². The summed E-state index contributed by atoms with van der Waals surface area (Å²) < 4.78 is 33.9. The SMILES string of the molecule is CCCCN(CC)C(=O)C=Cc1ccc(OC(F)F)c(OC)c1. The first kappa shape index (κ1) is 18.9. The number of amides is 1. The van der Waals surface area contributed by atoms with Gasteiger partial charge in [0.1, 0.15) is 0 Å². The van der Waals surface area contributed by atoms with Crippen molar-refractivity contribution in [1.82, 2.24) is 4.90 Å². The van der Waals surface area contributed by atoms with Crippen LogP contribution in [0.4, 0.5) is 8.78 Å². The molecule has 128 valence electrons.